The van der Waals surface area contributed by atoms with Crippen molar-refractivity contribution in [3.05, 3.63) is 24.9 Å². The molecule has 0 radical (unpaired) electrons. The monoisotopic (exact) mass is 169 g/mol. The summed E-state index contributed by atoms with van der Waals surface area (Å²) in [5.41, 5.74) is 1.16. The highest BCUT2D eigenvalue weighted by Gasteiger charge is 2.09. The normalized spacial score (nSPS) is 12.2. The summed E-state index contributed by atoms with van der Waals surface area (Å²) in [5.74, 6) is 0. The smallest absolute Gasteiger partial charge is 0.174 e. The lowest BCUT2D eigenvalue weighted by Gasteiger charge is -2.23. The van der Waals surface area contributed by atoms with E-state index in [2.05, 4.69) is 25.2 Å². The molecule has 0 rings (SSSR count). The van der Waals surface area contributed by atoms with Gasteiger partial charge < -0.3 is 4.90 Å². The number of hydrogen-bond donors (Lipinski definition) is 0. The molecule has 0 aromatic carbocycles. The standard InChI is InChI=1S/C8H16BNS/c1-5-6-8(11-9)7(2)10(3)4/h5,8H,1-2,6,9H2,3-4H3. The molecule has 0 spiro atoms. The highest BCUT2D eigenvalue weighted by atomic mass is 32.2. The summed E-state index contributed by atoms with van der Waals surface area (Å²) in [5, 5.41) is 0.488. The molecule has 0 amide bonds. The van der Waals surface area contributed by atoms with Gasteiger partial charge in [-0.05, 0) is 6.42 Å². The van der Waals surface area contributed by atoms with Crippen LogP contribution in [0, 0.1) is 0 Å². The minimum atomic E-state index is 0.488. The first-order valence-corrected chi connectivity index (χ1v) is 4.92. The van der Waals surface area contributed by atoms with Crippen molar-refractivity contribution in [1.29, 1.82) is 0 Å². The Morgan fingerprint density at radius 1 is 1.73 bits per heavy atom. The number of rotatable bonds is 5. The molecule has 0 heterocycles. The molecule has 0 aromatic rings. The summed E-state index contributed by atoms with van der Waals surface area (Å²) in [6.45, 7) is 7.72. The van der Waals surface area contributed by atoms with E-state index in [4.69, 9.17) is 0 Å². The third kappa shape index (κ3) is 3.56. The van der Waals surface area contributed by atoms with Gasteiger partial charge in [0.25, 0.3) is 0 Å². The second kappa shape index (κ2) is 5.36. The molecular formula is C8H16BNS. The van der Waals surface area contributed by atoms with Gasteiger partial charge in [0.1, 0.15) is 0 Å². The fourth-order valence-electron chi connectivity index (χ4n) is 0.808. The maximum Gasteiger partial charge on any atom is 0.174 e. The van der Waals surface area contributed by atoms with Gasteiger partial charge in [0.15, 0.2) is 7.12 Å². The van der Waals surface area contributed by atoms with Crippen molar-refractivity contribution >= 4 is 18.7 Å². The van der Waals surface area contributed by atoms with Crippen LogP contribution in [0.5, 0.6) is 0 Å². The Hall–Kier alpha value is -0.305. The van der Waals surface area contributed by atoms with Crippen LogP contribution in [0.25, 0.3) is 0 Å². The molecule has 1 atom stereocenters. The Bertz CT molecular complexity index is 145. The van der Waals surface area contributed by atoms with Crippen molar-refractivity contribution < 1.29 is 0 Å². The van der Waals surface area contributed by atoms with Crippen molar-refractivity contribution in [2.75, 3.05) is 14.1 Å². The maximum atomic E-state index is 4.00. The summed E-state index contributed by atoms with van der Waals surface area (Å²) in [7, 11) is 6.14. The zero-order valence-corrected chi connectivity index (χ0v) is 8.45. The topological polar surface area (TPSA) is 3.24 Å². The van der Waals surface area contributed by atoms with Gasteiger partial charge in [-0.15, -0.1) is 6.58 Å². The summed E-state index contributed by atoms with van der Waals surface area (Å²) in [4.78, 5) is 2.06. The Kier molecular flexibility index (Phi) is 5.21. The molecule has 0 bridgehead atoms. The van der Waals surface area contributed by atoms with Gasteiger partial charge >= 0.3 is 0 Å². The van der Waals surface area contributed by atoms with E-state index in [1.54, 1.807) is 0 Å². The third-order valence-corrected chi connectivity index (χ3v) is 2.64. The predicted molar refractivity (Wildman–Crippen MR) is 57.6 cm³/mol. The SMILES string of the molecule is BSC(CC=C)C(=C)N(C)C. The zero-order chi connectivity index (χ0) is 8.85. The summed E-state index contributed by atoms with van der Waals surface area (Å²) in [6, 6.07) is 0. The van der Waals surface area contributed by atoms with Gasteiger partial charge in [0.05, 0.1) is 0 Å². The lowest BCUT2D eigenvalue weighted by atomic mass is 10.2. The van der Waals surface area contributed by atoms with Gasteiger partial charge in [0, 0.05) is 25.0 Å². The van der Waals surface area contributed by atoms with Gasteiger partial charge in [-0.3, -0.25) is 0 Å². The average Bonchev–Trinajstić information content (AvgIpc) is 1.98. The van der Waals surface area contributed by atoms with Crippen LogP contribution >= 0.6 is 11.6 Å². The van der Waals surface area contributed by atoms with Gasteiger partial charge in [-0.1, -0.05) is 12.7 Å². The summed E-state index contributed by atoms with van der Waals surface area (Å²) < 4.78 is 0. The largest absolute Gasteiger partial charge is 0.381 e. The van der Waals surface area contributed by atoms with E-state index < -0.39 is 0 Å². The van der Waals surface area contributed by atoms with Crippen LogP contribution in [0.4, 0.5) is 0 Å². The molecule has 0 aromatic heterocycles. The molecule has 0 saturated carbocycles. The van der Waals surface area contributed by atoms with Crippen molar-refractivity contribution in [3.63, 3.8) is 0 Å². The minimum absolute atomic E-state index is 0.488. The Morgan fingerprint density at radius 3 is 2.55 bits per heavy atom. The zero-order valence-electron chi connectivity index (χ0n) is 7.63. The van der Waals surface area contributed by atoms with E-state index in [-0.39, 0.29) is 0 Å². The van der Waals surface area contributed by atoms with Crippen molar-refractivity contribution in [2.24, 2.45) is 0 Å². The van der Waals surface area contributed by atoms with E-state index in [1.807, 2.05) is 31.8 Å². The highest BCUT2D eigenvalue weighted by molar-refractivity contribution is 8.20. The number of hydrogen-bond acceptors (Lipinski definition) is 2. The van der Waals surface area contributed by atoms with E-state index in [9.17, 15) is 0 Å². The lowest BCUT2D eigenvalue weighted by molar-refractivity contribution is 0.496. The molecule has 0 N–H and O–H groups in total. The first-order chi connectivity index (χ1) is 5.13. The second-order valence-corrected chi connectivity index (χ2v) is 3.67. The van der Waals surface area contributed by atoms with E-state index in [0.717, 1.165) is 12.1 Å². The van der Waals surface area contributed by atoms with Crippen LogP contribution < -0.4 is 0 Å². The first kappa shape index (κ1) is 10.7. The number of nitrogens with zero attached hydrogens (tertiary/aromatic N) is 1. The maximum absolute atomic E-state index is 4.00. The molecule has 62 valence electrons. The quantitative estimate of drug-likeness (QED) is 0.450. The van der Waals surface area contributed by atoms with Crippen LogP contribution in [0.2, 0.25) is 0 Å². The second-order valence-electron chi connectivity index (χ2n) is 2.63. The molecule has 1 nitrogen and oxygen atoms in total. The molecule has 3 heteroatoms. The Balaban J connectivity index is 4.02. The van der Waals surface area contributed by atoms with Crippen LogP contribution in [0.15, 0.2) is 24.9 Å². The average molecular weight is 169 g/mol. The first-order valence-electron chi connectivity index (χ1n) is 3.63. The highest BCUT2D eigenvalue weighted by Crippen LogP contribution is 2.19. The Labute approximate surface area is 74.8 Å². The summed E-state index contributed by atoms with van der Waals surface area (Å²) in [6.07, 6.45) is 2.94. The van der Waals surface area contributed by atoms with Crippen LogP contribution in [0.1, 0.15) is 6.42 Å². The summed E-state index contributed by atoms with van der Waals surface area (Å²) >= 11 is 1.82. The Morgan fingerprint density at radius 2 is 2.27 bits per heavy atom. The van der Waals surface area contributed by atoms with Gasteiger partial charge in [-0.25, -0.2) is 11.6 Å². The molecule has 0 aliphatic carbocycles. The van der Waals surface area contributed by atoms with Gasteiger partial charge in [0.2, 0.25) is 0 Å². The molecule has 0 aliphatic heterocycles. The predicted octanol–water partition coefficient (Wildman–Crippen LogP) is 1.29. The fraction of sp³-hybridized carbons (Fsp3) is 0.500. The third-order valence-electron chi connectivity index (χ3n) is 1.61. The van der Waals surface area contributed by atoms with E-state index in [0.29, 0.717) is 5.25 Å². The molecule has 0 saturated heterocycles. The van der Waals surface area contributed by atoms with E-state index >= 15 is 0 Å². The van der Waals surface area contributed by atoms with Crippen molar-refractivity contribution in [1.82, 2.24) is 4.90 Å². The fourth-order valence-corrected chi connectivity index (χ4v) is 1.62. The van der Waals surface area contributed by atoms with Crippen LogP contribution in [-0.4, -0.2) is 31.4 Å². The van der Waals surface area contributed by atoms with Gasteiger partial charge in [-0.2, -0.15) is 0 Å². The van der Waals surface area contributed by atoms with Crippen molar-refractivity contribution in [2.45, 2.75) is 11.7 Å². The van der Waals surface area contributed by atoms with Crippen LogP contribution in [-0.2, 0) is 0 Å². The molecule has 1 unspecified atom stereocenters. The molecule has 0 fully saturated rings. The van der Waals surface area contributed by atoms with Crippen molar-refractivity contribution in [3.8, 4) is 0 Å². The minimum Gasteiger partial charge on any atom is -0.381 e. The number of allylic oxidation sites excluding steroid dienone is 1. The van der Waals surface area contributed by atoms with Crippen LogP contribution in [0.3, 0.4) is 0 Å². The molecule has 0 aliphatic rings. The lowest BCUT2D eigenvalue weighted by Crippen LogP contribution is -2.19. The molecule has 11 heavy (non-hydrogen) atoms. The van der Waals surface area contributed by atoms with E-state index in [1.165, 1.54) is 0 Å². The molecular weight excluding hydrogens is 153 g/mol.